The van der Waals surface area contributed by atoms with E-state index in [-0.39, 0.29) is 11.8 Å². The second-order valence-electron chi connectivity index (χ2n) is 7.17. The Hall–Kier alpha value is -2.14. The summed E-state index contributed by atoms with van der Waals surface area (Å²) in [5.74, 6) is 0.631. The van der Waals surface area contributed by atoms with Gasteiger partial charge in [0.1, 0.15) is 5.56 Å². The molecule has 0 bridgehead atoms. The van der Waals surface area contributed by atoms with E-state index >= 15 is 0 Å². The van der Waals surface area contributed by atoms with Crippen molar-refractivity contribution in [3.63, 3.8) is 0 Å². The Balaban J connectivity index is 2.04. The summed E-state index contributed by atoms with van der Waals surface area (Å²) in [7, 11) is 2.11. The van der Waals surface area contributed by atoms with Gasteiger partial charge < -0.3 is 9.84 Å². The molecular formula is C20H29N3O2. The Morgan fingerprint density at radius 2 is 1.92 bits per heavy atom. The molecule has 1 aromatic heterocycles. The lowest BCUT2D eigenvalue weighted by Crippen LogP contribution is -2.26. The molecule has 5 heteroatoms. The van der Waals surface area contributed by atoms with E-state index in [1.54, 1.807) is 6.92 Å². The van der Waals surface area contributed by atoms with Gasteiger partial charge >= 0.3 is 0 Å². The Bertz CT molecular complexity index is 719. The smallest absolute Gasteiger partial charge is 0.257 e. The molecule has 0 spiro atoms. The Labute approximate surface area is 150 Å². The minimum atomic E-state index is -0.132. The summed E-state index contributed by atoms with van der Waals surface area (Å²) in [6.07, 6.45) is 0. The van der Waals surface area contributed by atoms with E-state index < -0.39 is 0 Å². The van der Waals surface area contributed by atoms with Gasteiger partial charge in [0.15, 0.2) is 5.76 Å². The Morgan fingerprint density at radius 3 is 2.56 bits per heavy atom. The fourth-order valence-corrected chi connectivity index (χ4v) is 2.64. The molecule has 136 valence electrons. The fourth-order valence-electron chi connectivity index (χ4n) is 2.64. The summed E-state index contributed by atoms with van der Waals surface area (Å²) in [5, 5.41) is 6.92. The lowest BCUT2D eigenvalue weighted by Gasteiger charge is -2.21. The number of rotatable bonds is 7. The molecule has 0 radical (unpaired) electrons. The second kappa shape index (κ2) is 8.30. The van der Waals surface area contributed by atoms with E-state index in [1.807, 2.05) is 26.0 Å². The molecule has 5 nitrogen and oxygen atoms in total. The van der Waals surface area contributed by atoms with Gasteiger partial charge in [0.2, 0.25) is 0 Å². The minimum absolute atomic E-state index is 0.122. The van der Waals surface area contributed by atoms with Gasteiger partial charge in [-0.1, -0.05) is 43.3 Å². The van der Waals surface area contributed by atoms with Gasteiger partial charge in [0.25, 0.3) is 5.91 Å². The predicted molar refractivity (Wildman–Crippen MR) is 99.5 cm³/mol. The largest absolute Gasteiger partial charge is 0.360 e. The molecule has 0 unspecified atom stereocenters. The first-order valence-corrected chi connectivity index (χ1v) is 8.82. The van der Waals surface area contributed by atoms with Crippen LogP contribution in [-0.2, 0) is 13.1 Å². The highest BCUT2D eigenvalue weighted by molar-refractivity contribution is 5.96. The summed E-state index contributed by atoms with van der Waals surface area (Å²) in [4.78, 5) is 14.8. The zero-order chi connectivity index (χ0) is 18.6. The summed E-state index contributed by atoms with van der Waals surface area (Å²) < 4.78 is 5.30. The molecule has 0 fully saturated rings. The van der Waals surface area contributed by atoms with Crippen molar-refractivity contribution in [1.29, 1.82) is 0 Å². The predicted octanol–water partition coefficient (Wildman–Crippen LogP) is 3.88. The molecule has 0 atom stereocenters. The molecule has 1 amide bonds. The number of amides is 1. The van der Waals surface area contributed by atoms with Gasteiger partial charge in [-0.25, -0.2) is 0 Å². The number of aromatic nitrogens is 1. The number of nitrogens with zero attached hydrogens (tertiary/aromatic N) is 2. The second-order valence-corrected chi connectivity index (χ2v) is 7.17. The molecule has 0 aliphatic rings. The zero-order valence-corrected chi connectivity index (χ0v) is 16.1. The van der Waals surface area contributed by atoms with Crippen molar-refractivity contribution in [3.8, 4) is 0 Å². The maximum atomic E-state index is 12.6. The van der Waals surface area contributed by atoms with Crippen molar-refractivity contribution in [1.82, 2.24) is 15.4 Å². The molecule has 2 rings (SSSR count). The SMILES string of the molecule is Cc1noc(C(C)C)c1C(=O)NCc1cccc(CN(C)C(C)C)c1. The van der Waals surface area contributed by atoms with Crippen LogP contribution in [0.15, 0.2) is 28.8 Å². The number of hydrogen-bond acceptors (Lipinski definition) is 4. The topological polar surface area (TPSA) is 58.4 Å². The van der Waals surface area contributed by atoms with E-state index in [2.05, 4.69) is 48.4 Å². The van der Waals surface area contributed by atoms with Gasteiger partial charge in [-0.2, -0.15) is 0 Å². The number of aryl methyl sites for hydroxylation is 1. The zero-order valence-electron chi connectivity index (χ0n) is 16.1. The maximum Gasteiger partial charge on any atom is 0.257 e. The third-order valence-corrected chi connectivity index (χ3v) is 4.40. The van der Waals surface area contributed by atoms with Crippen molar-refractivity contribution in [2.45, 2.75) is 59.7 Å². The van der Waals surface area contributed by atoms with Crippen LogP contribution in [0.2, 0.25) is 0 Å². The number of carbonyl (C=O) groups is 1. The molecule has 0 saturated carbocycles. The van der Waals surface area contributed by atoms with Crippen LogP contribution in [-0.4, -0.2) is 29.1 Å². The van der Waals surface area contributed by atoms with Crippen molar-refractivity contribution >= 4 is 5.91 Å². The molecule has 2 aromatic rings. The monoisotopic (exact) mass is 343 g/mol. The highest BCUT2D eigenvalue weighted by Crippen LogP contribution is 2.22. The highest BCUT2D eigenvalue weighted by Gasteiger charge is 2.22. The van der Waals surface area contributed by atoms with Crippen molar-refractivity contribution < 1.29 is 9.32 Å². The van der Waals surface area contributed by atoms with E-state index in [1.165, 1.54) is 5.56 Å². The standard InChI is InChI=1S/C20H29N3O2/c1-13(2)19-18(15(5)22-25-19)20(24)21-11-16-8-7-9-17(10-16)12-23(6)14(3)4/h7-10,13-14H,11-12H2,1-6H3,(H,21,24). The van der Waals surface area contributed by atoms with E-state index in [0.717, 1.165) is 12.1 Å². The third kappa shape index (κ3) is 4.92. The summed E-state index contributed by atoms with van der Waals surface area (Å²) in [6, 6.07) is 8.82. The molecule has 25 heavy (non-hydrogen) atoms. The Morgan fingerprint density at radius 1 is 1.24 bits per heavy atom. The fraction of sp³-hybridized carbons (Fsp3) is 0.500. The van der Waals surface area contributed by atoms with Crippen LogP contribution >= 0.6 is 0 Å². The molecule has 0 aliphatic carbocycles. The van der Waals surface area contributed by atoms with Crippen LogP contribution in [0.25, 0.3) is 0 Å². The van der Waals surface area contributed by atoms with Crippen LogP contribution < -0.4 is 5.32 Å². The van der Waals surface area contributed by atoms with E-state index in [4.69, 9.17) is 4.52 Å². The molecule has 0 aliphatic heterocycles. The number of nitrogens with one attached hydrogen (secondary N) is 1. The molecule has 1 heterocycles. The molecule has 1 aromatic carbocycles. The van der Waals surface area contributed by atoms with Crippen molar-refractivity contribution in [3.05, 3.63) is 52.4 Å². The summed E-state index contributed by atoms with van der Waals surface area (Å²) >= 11 is 0. The number of hydrogen-bond donors (Lipinski definition) is 1. The van der Waals surface area contributed by atoms with Crippen LogP contribution in [0.1, 0.15) is 66.6 Å². The first-order valence-electron chi connectivity index (χ1n) is 8.82. The quantitative estimate of drug-likeness (QED) is 0.829. The first-order chi connectivity index (χ1) is 11.8. The highest BCUT2D eigenvalue weighted by atomic mass is 16.5. The van der Waals surface area contributed by atoms with Crippen LogP contribution in [0.4, 0.5) is 0 Å². The number of carbonyl (C=O) groups excluding carboxylic acids is 1. The van der Waals surface area contributed by atoms with Gasteiger partial charge in [0.05, 0.1) is 5.69 Å². The summed E-state index contributed by atoms with van der Waals surface area (Å²) in [6.45, 7) is 11.5. The van der Waals surface area contributed by atoms with Crippen molar-refractivity contribution in [2.75, 3.05) is 7.05 Å². The average Bonchev–Trinajstić information content (AvgIpc) is 2.95. The van der Waals surface area contributed by atoms with Gasteiger partial charge in [0, 0.05) is 25.0 Å². The summed E-state index contributed by atoms with van der Waals surface area (Å²) in [5.41, 5.74) is 3.52. The van der Waals surface area contributed by atoms with Crippen LogP contribution in [0, 0.1) is 6.92 Å². The van der Waals surface area contributed by atoms with Crippen LogP contribution in [0.5, 0.6) is 0 Å². The van der Waals surface area contributed by atoms with Gasteiger partial charge in [-0.15, -0.1) is 0 Å². The lowest BCUT2D eigenvalue weighted by molar-refractivity contribution is 0.0948. The normalized spacial score (nSPS) is 11.6. The maximum absolute atomic E-state index is 12.6. The molecule has 0 saturated heterocycles. The van der Waals surface area contributed by atoms with Crippen molar-refractivity contribution in [2.24, 2.45) is 0 Å². The van der Waals surface area contributed by atoms with E-state index in [0.29, 0.717) is 29.6 Å². The van der Waals surface area contributed by atoms with Gasteiger partial charge in [-0.3, -0.25) is 9.69 Å². The molecule has 1 N–H and O–H groups in total. The minimum Gasteiger partial charge on any atom is -0.360 e. The van der Waals surface area contributed by atoms with Crippen LogP contribution in [0.3, 0.4) is 0 Å². The lowest BCUT2D eigenvalue weighted by atomic mass is 10.0. The van der Waals surface area contributed by atoms with E-state index in [9.17, 15) is 4.79 Å². The molecular weight excluding hydrogens is 314 g/mol. The first kappa shape index (κ1) is 19.2. The Kier molecular flexibility index (Phi) is 6.37. The van der Waals surface area contributed by atoms with Gasteiger partial charge in [-0.05, 0) is 38.9 Å². The average molecular weight is 343 g/mol. The third-order valence-electron chi connectivity index (χ3n) is 4.40. The number of benzene rings is 1.